The van der Waals surface area contributed by atoms with Crippen LogP contribution in [-0.2, 0) is 28.9 Å². The fourth-order valence-electron chi connectivity index (χ4n) is 2.98. The number of carbonyl (C=O) groups is 1. The molecule has 1 N–H and O–H groups in total. The number of aromatic nitrogens is 3. The van der Waals surface area contributed by atoms with Crippen molar-refractivity contribution in [2.75, 3.05) is 0 Å². The molecule has 2 aromatic carbocycles. The second kappa shape index (κ2) is 9.70. The molecule has 0 saturated heterocycles. The summed E-state index contributed by atoms with van der Waals surface area (Å²) in [5, 5.41) is 3.83. The van der Waals surface area contributed by atoms with Crippen LogP contribution in [0.3, 0.4) is 0 Å². The predicted molar refractivity (Wildman–Crippen MR) is 115 cm³/mol. The lowest BCUT2D eigenvalue weighted by Crippen LogP contribution is -2.04. The van der Waals surface area contributed by atoms with Crippen molar-refractivity contribution in [3.63, 3.8) is 0 Å². The third-order valence-corrected chi connectivity index (χ3v) is 5.78. The number of alkyl halides is 3. The van der Waals surface area contributed by atoms with Gasteiger partial charge in [0.1, 0.15) is 29.8 Å². The maximum absolute atomic E-state index is 14.5. The highest BCUT2D eigenvalue weighted by molar-refractivity contribution is 7.15. The second-order valence-corrected chi connectivity index (χ2v) is 8.20. The number of benzene rings is 2. The summed E-state index contributed by atoms with van der Waals surface area (Å²) in [5.41, 5.74) is 0.00971. The van der Waals surface area contributed by atoms with E-state index in [2.05, 4.69) is 19.6 Å². The van der Waals surface area contributed by atoms with Crippen LogP contribution >= 0.6 is 11.3 Å². The van der Waals surface area contributed by atoms with Crippen molar-refractivity contribution in [1.82, 2.24) is 15.1 Å². The van der Waals surface area contributed by atoms with E-state index < -0.39 is 29.3 Å². The highest BCUT2D eigenvalue weighted by Crippen LogP contribution is 2.34. The first kappa shape index (κ1) is 24.1. The van der Waals surface area contributed by atoms with Gasteiger partial charge in [-0.15, -0.1) is 11.3 Å². The Bertz CT molecular complexity index is 1410. The SMILES string of the molecule is CC(=O)OCc1nc(-c2ccc(C(F)(F)F)cc2)sc1COc1ccc(-c2noc(=O)[nH]2)c(F)c1. The van der Waals surface area contributed by atoms with E-state index in [0.717, 1.165) is 29.5 Å². The zero-order valence-electron chi connectivity index (χ0n) is 17.8. The molecule has 0 amide bonds. The number of halogens is 4. The van der Waals surface area contributed by atoms with Gasteiger partial charge in [0.25, 0.3) is 0 Å². The molecule has 4 rings (SSSR count). The average molecular weight is 509 g/mol. The maximum Gasteiger partial charge on any atom is 0.439 e. The van der Waals surface area contributed by atoms with Gasteiger partial charge >= 0.3 is 17.9 Å². The van der Waals surface area contributed by atoms with E-state index >= 15 is 0 Å². The van der Waals surface area contributed by atoms with Gasteiger partial charge in [0.2, 0.25) is 0 Å². The number of hydrogen-bond acceptors (Lipinski definition) is 8. The monoisotopic (exact) mass is 509 g/mol. The topological polar surface area (TPSA) is 107 Å². The van der Waals surface area contributed by atoms with Crippen LogP contribution in [0.15, 0.2) is 51.8 Å². The minimum atomic E-state index is -4.46. The van der Waals surface area contributed by atoms with Crippen molar-refractivity contribution >= 4 is 17.3 Å². The highest BCUT2D eigenvalue weighted by atomic mass is 32.1. The van der Waals surface area contributed by atoms with Crippen LogP contribution < -0.4 is 10.5 Å². The highest BCUT2D eigenvalue weighted by Gasteiger charge is 2.30. The molecule has 0 aliphatic heterocycles. The number of rotatable bonds is 7. The van der Waals surface area contributed by atoms with Gasteiger partial charge in [0.15, 0.2) is 5.82 Å². The molecule has 0 fully saturated rings. The lowest BCUT2D eigenvalue weighted by Gasteiger charge is -2.08. The largest absolute Gasteiger partial charge is 0.488 e. The number of hydrogen-bond donors (Lipinski definition) is 1. The van der Waals surface area contributed by atoms with Crippen molar-refractivity contribution < 1.29 is 36.4 Å². The Hall–Kier alpha value is -4.00. The Morgan fingerprint density at radius 2 is 1.89 bits per heavy atom. The van der Waals surface area contributed by atoms with E-state index in [-0.39, 0.29) is 30.4 Å². The van der Waals surface area contributed by atoms with Crippen molar-refractivity contribution in [2.45, 2.75) is 26.3 Å². The summed E-state index contributed by atoms with van der Waals surface area (Å²) in [5.74, 6) is -2.01. The summed E-state index contributed by atoms with van der Waals surface area (Å²) in [6.07, 6.45) is -4.46. The fraction of sp³-hybridized carbons (Fsp3) is 0.182. The third kappa shape index (κ3) is 5.74. The second-order valence-electron chi connectivity index (χ2n) is 7.12. The Morgan fingerprint density at radius 3 is 2.49 bits per heavy atom. The Kier molecular flexibility index (Phi) is 6.69. The van der Waals surface area contributed by atoms with Crippen LogP contribution in [0.4, 0.5) is 17.6 Å². The molecule has 0 radical (unpaired) electrons. The van der Waals surface area contributed by atoms with Gasteiger partial charge in [-0.2, -0.15) is 13.2 Å². The maximum atomic E-state index is 14.5. The molecular formula is C22H15F4N3O5S. The van der Waals surface area contributed by atoms with Gasteiger partial charge < -0.3 is 9.47 Å². The quantitative estimate of drug-likeness (QED) is 0.277. The zero-order chi connectivity index (χ0) is 25.2. The first-order valence-corrected chi connectivity index (χ1v) is 10.7. The molecule has 0 unspecified atom stereocenters. The molecule has 4 aromatic rings. The lowest BCUT2D eigenvalue weighted by atomic mass is 10.1. The standard InChI is InChI=1S/C22H15F4N3O5S/c1-11(30)32-9-17-18(35-20(27-17)12-2-4-13(5-3-12)22(24,25)26)10-33-14-6-7-15(16(23)8-14)19-28-21(31)34-29-19/h2-8H,9-10H2,1H3,(H,28,29,31). The van der Waals surface area contributed by atoms with E-state index in [1.54, 1.807) is 0 Å². The molecule has 13 heteroatoms. The van der Waals surface area contributed by atoms with Gasteiger partial charge in [-0.3, -0.25) is 14.3 Å². The van der Waals surface area contributed by atoms with E-state index in [1.807, 2.05) is 0 Å². The van der Waals surface area contributed by atoms with Gasteiger partial charge in [0.05, 0.1) is 21.7 Å². The molecule has 0 aliphatic rings. The zero-order valence-corrected chi connectivity index (χ0v) is 18.6. The average Bonchev–Trinajstić information content (AvgIpc) is 3.42. The molecule has 2 aromatic heterocycles. The molecule has 35 heavy (non-hydrogen) atoms. The van der Waals surface area contributed by atoms with Crippen LogP contribution in [0, 0.1) is 5.82 Å². The lowest BCUT2D eigenvalue weighted by molar-refractivity contribution is -0.142. The van der Waals surface area contributed by atoms with Gasteiger partial charge in [-0.05, 0) is 24.3 Å². The van der Waals surface area contributed by atoms with Gasteiger partial charge in [0, 0.05) is 18.6 Å². The minimum absolute atomic E-state index is 0.00104. The van der Waals surface area contributed by atoms with Crippen LogP contribution in [0.5, 0.6) is 5.75 Å². The van der Waals surface area contributed by atoms with Crippen LogP contribution in [-0.4, -0.2) is 21.1 Å². The Labute approximate surface area is 198 Å². The molecule has 0 spiro atoms. The van der Waals surface area contributed by atoms with E-state index in [0.29, 0.717) is 21.1 Å². The number of carbonyl (C=O) groups excluding carboxylic acids is 1. The molecule has 0 saturated carbocycles. The number of nitrogens with zero attached hydrogens (tertiary/aromatic N) is 2. The summed E-state index contributed by atoms with van der Waals surface area (Å²) >= 11 is 1.14. The minimum Gasteiger partial charge on any atom is -0.488 e. The number of nitrogens with one attached hydrogen (secondary N) is 1. The summed E-state index contributed by atoms with van der Waals surface area (Å²) in [6, 6.07) is 8.38. The molecular weight excluding hydrogens is 494 g/mol. The first-order chi connectivity index (χ1) is 16.6. The van der Waals surface area contributed by atoms with Crippen LogP contribution in [0.2, 0.25) is 0 Å². The molecule has 182 valence electrons. The number of esters is 1. The predicted octanol–water partition coefficient (Wildman–Crippen LogP) is 4.95. The van der Waals surface area contributed by atoms with Gasteiger partial charge in [-0.1, -0.05) is 17.3 Å². The first-order valence-electron chi connectivity index (χ1n) is 9.88. The normalized spacial score (nSPS) is 11.5. The Balaban J connectivity index is 1.55. The molecule has 8 nitrogen and oxygen atoms in total. The third-order valence-electron chi connectivity index (χ3n) is 4.66. The summed E-state index contributed by atoms with van der Waals surface area (Å²) in [4.78, 5) is 29.5. The molecule has 0 atom stereocenters. The number of ether oxygens (including phenoxy) is 2. The van der Waals surface area contributed by atoms with Crippen molar-refractivity contribution in [1.29, 1.82) is 0 Å². The van der Waals surface area contributed by atoms with E-state index in [9.17, 15) is 27.2 Å². The number of H-pyrrole nitrogens is 1. The van der Waals surface area contributed by atoms with Crippen LogP contribution in [0.1, 0.15) is 23.1 Å². The van der Waals surface area contributed by atoms with Gasteiger partial charge in [-0.25, -0.2) is 14.2 Å². The molecule has 0 aliphatic carbocycles. The fourth-order valence-corrected chi connectivity index (χ4v) is 3.96. The van der Waals surface area contributed by atoms with Crippen molar-refractivity contribution in [3.05, 3.63) is 75.0 Å². The number of thiazole rings is 1. The van der Waals surface area contributed by atoms with Crippen molar-refractivity contribution in [3.8, 4) is 27.7 Å². The number of aromatic amines is 1. The summed E-state index contributed by atoms with van der Waals surface area (Å²) < 4.78 is 68.1. The Morgan fingerprint density at radius 1 is 1.14 bits per heavy atom. The summed E-state index contributed by atoms with van der Waals surface area (Å²) in [6.45, 7) is 0.984. The van der Waals surface area contributed by atoms with Crippen molar-refractivity contribution in [2.24, 2.45) is 0 Å². The summed E-state index contributed by atoms with van der Waals surface area (Å²) in [7, 11) is 0. The molecule has 0 bridgehead atoms. The van der Waals surface area contributed by atoms with E-state index in [4.69, 9.17) is 9.47 Å². The van der Waals surface area contributed by atoms with Crippen LogP contribution in [0.25, 0.3) is 22.0 Å². The van der Waals surface area contributed by atoms with E-state index in [1.165, 1.54) is 31.2 Å². The molecule has 2 heterocycles. The smallest absolute Gasteiger partial charge is 0.439 e.